The first-order chi connectivity index (χ1) is 27.3. The maximum atomic E-state index is 14.1. The van der Waals surface area contributed by atoms with E-state index in [0.29, 0.717) is 17.6 Å². The lowest BCUT2D eigenvalue weighted by atomic mass is 9.88. The molecule has 0 radical (unpaired) electrons. The number of hydrogen-bond acceptors (Lipinski definition) is 7. The van der Waals surface area contributed by atoms with Gasteiger partial charge in [0.1, 0.15) is 11.5 Å². The molecule has 3 atom stereocenters. The molecule has 0 spiro atoms. The zero-order chi connectivity index (χ0) is 41.5. The fourth-order valence-corrected chi connectivity index (χ4v) is 13.4. The molecule has 3 unspecified atom stereocenters. The van der Waals surface area contributed by atoms with Crippen LogP contribution < -0.4 is 9.47 Å². The second-order valence-corrected chi connectivity index (χ2v) is 22.2. The Hall–Kier alpha value is -1.93. The summed E-state index contributed by atoms with van der Waals surface area (Å²) in [5, 5.41) is 3.64. The largest absolute Gasteiger partial charge is 0.491 e. The zero-order valence-electron chi connectivity index (χ0n) is 37.6. The average molecular weight is 851 g/mol. The highest BCUT2D eigenvalue weighted by Gasteiger charge is 2.32. The molecular weight excluding hydrogens is 777 g/mol. The number of unbranched alkanes of at least 4 members (excludes halogenated alkanes) is 3. The highest BCUT2D eigenvalue weighted by atomic mass is 32.1. The molecule has 316 valence electrons. The molecule has 0 saturated carbocycles. The summed E-state index contributed by atoms with van der Waals surface area (Å²) in [7, 11) is 0. The third-order valence-corrected chi connectivity index (χ3v) is 18.7. The molecule has 5 aromatic rings. The molecule has 5 rings (SSSR count). The van der Waals surface area contributed by atoms with Gasteiger partial charge in [0.2, 0.25) is 0 Å². The number of benzene rings is 1. The van der Waals surface area contributed by atoms with Gasteiger partial charge in [-0.15, -0.1) is 45.3 Å². The van der Waals surface area contributed by atoms with E-state index in [1.807, 2.05) is 34.0 Å². The molecule has 4 heterocycles. The number of hydrogen-bond donors (Lipinski definition) is 0. The SMILES string of the molecule is CCCCC(CC)COc1c2cc(C(C)(C)CC)sc2c(OCC(CC)CCCC)c2cc(-c3sc(C(C)(C)CC)c4sc(C(=O)C(CC)CCCC)cc34)sc12. The van der Waals surface area contributed by atoms with Crippen LogP contribution in [0.25, 0.3) is 40.0 Å². The quantitative estimate of drug-likeness (QED) is 0.0549. The maximum Gasteiger partial charge on any atom is 0.175 e. The van der Waals surface area contributed by atoms with Crippen LogP contribution in [0, 0.1) is 17.8 Å². The fraction of sp³-hybridized carbons (Fsp3) is 0.660. The van der Waals surface area contributed by atoms with E-state index >= 15 is 0 Å². The predicted octanol–water partition coefficient (Wildman–Crippen LogP) is 18.0. The van der Waals surface area contributed by atoms with Crippen molar-refractivity contribution in [1.29, 1.82) is 0 Å². The third-order valence-electron chi connectivity index (χ3n) is 13.1. The topological polar surface area (TPSA) is 35.5 Å². The Morgan fingerprint density at radius 3 is 1.67 bits per heavy atom. The van der Waals surface area contributed by atoms with E-state index in [-0.39, 0.29) is 16.7 Å². The highest BCUT2D eigenvalue weighted by molar-refractivity contribution is 7.30. The summed E-state index contributed by atoms with van der Waals surface area (Å²) in [6.07, 6.45) is 15.7. The molecule has 7 heteroatoms. The normalized spacial score (nSPS) is 14.2. The first kappa shape index (κ1) is 46.1. The number of thiophene rings is 4. The Labute approximate surface area is 362 Å². The van der Waals surface area contributed by atoms with Crippen LogP contribution in [0.15, 0.2) is 18.2 Å². The number of carbonyl (C=O) groups excluding carboxylic acids is 1. The van der Waals surface area contributed by atoms with Gasteiger partial charge in [-0.05, 0) is 74.0 Å². The van der Waals surface area contributed by atoms with Crippen LogP contribution in [0.4, 0.5) is 0 Å². The van der Waals surface area contributed by atoms with Crippen LogP contribution in [-0.4, -0.2) is 19.0 Å². The Bertz CT molecular complexity index is 1980. The summed E-state index contributed by atoms with van der Waals surface area (Å²) in [6, 6.07) is 7.13. The van der Waals surface area contributed by atoms with Gasteiger partial charge in [-0.3, -0.25) is 4.79 Å². The van der Waals surface area contributed by atoms with Gasteiger partial charge in [-0.25, -0.2) is 0 Å². The number of ether oxygens (including phenoxy) is 2. The molecule has 0 aliphatic rings. The van der Waals surface area contributed by atoms with Gasteiger partial charge >= 0.3 is 0 Å². The average Bonchev–Trinajstić information content (AvgIpc) is 4.02. The summed E-state index contributed by atoms with van der Waals surface area (Å²) in [5.41, 5.74) is 0.0633. The first-order valence-corrected chi connectivity index (χ1v) is 26.0. The van der Waals surface area contributed by atoms with Crippen molar-refractivity contribution < 1.29 is 14.3 Å². The Morgan fingerprint density at radius 1 is 0.596 bits per heavy atom. The molecule has 57 heavy (non-hydrogen) atoms. The molecule has 0 N–H and O–H groups in total. The molecule has 0 fully saturated rings. The minimum absolute atomic E-state index is 0.00430. The minimum atomic E-state index is 0.00430. The lowest BCUT2D eigenvalue weighted by molar-refractivity contribution is 0.0912. The number of rotatable bonds is 25. The van der Waals surface area contributed by atoms with E-state index in [4.69, 9.17) is 9.47 Å². The van der Waals surface area contributed by atoms with Gasteiger partial charge in [0.05, 0.1) is 37.1 Å². The van der Waals surface area contributed by atoms with E-state index < -0.39 is 0 Å². The van der Waals surface area contributed by atoms with Gasteiger partial charge in [0, 0.05) is 42.1 Å². The smallest absolute Gasteiger partial charge is 0.175 e. The third kappa shape index (κ3) is 10.2. The monoisotopic (exact) mass is 850 g/mol. The lowest BCUT2D eigenvalue weighted by Crippen LogP contribution is -2.13. The number of ketones is 1. The number of fused-ring (bicyclic) bond motifs is 3. The summed E-state index contributed by atoms with van der Waals surface area (Å²) in [4.78, 5) is 20.4. The summed E-state index contributed by atoms with van der Waals surface area (Å²) < 4.78 is 18.0. The Balaban J connectivity index is 1.77. The van der Waals surface area contributed by atoms with E-state index in [1.165, 1.54) is 88.3 Å². The summed E-state index contributed by atoms with van der Waals surface area (Å²) in [6.45, 7) is 29.2. The summed E-state index contributed by atoms with van der Waals surface area (Å²) in [5.74, 6) is 3.56. The number of Topliss-reactive ketones (excluding diaryl/α,β-unsaturated/α-hetero) is 1. The van der Waals surface area contributed by atoms with Gasteiger partial charge in [0.15, 0.2) is 5.78 Å². The van der Waals surface area contributed by atoms with Crippen molar-refractivity contribution in [2.45, 2.75) is 184 Å². The second-order valence-electron chi connectivity index (χ2n) is 18.0. The fourth-order valence-electron chi connectivity index (χ4n) is 7.82. The summed E-state index contributed by atoms with van der Waals surface area (Å²) >= 11 is 7.49. The van der Waals surface area contributed by atoms with Crippen molar-refractivity contribution >= 4 is 81.4 Å². The van der Waals surface area contributed by atoms with Crippen molar-refractivity contribution in [1.82, 2.24) is 0 Å². The Morgan fingerprint density at radius 2 is 1.14 bits per heavy atom. The molecule has 0 amide bonds. The minimum Gasteiger partial charge on any atom is -0.491 e. The molecule has 0 saturated heterocycles. The van der Waals surface area contributed by atoms with Crippen molar-refractivity contribution in [3.8, 4) is 21.3 Å². The van der Waals surface area contributed by atoms with Crippen molar-refractivity contribution in [3.05, 3.63) is 32.8 Å². The molecule has 1 aromatic carbocycles. The van der Waals surface area contributed by atoms with E-state index in [0.717, 1.165) is 81.0 Å². The lowest BCUT2D eigenvalue weighted by Gasteiger charge is -2.21. The second kappa shape index (κ2) is 20.6. The van der Waals surface area contributed by atoms with Gasteiger partial charge in [0.25, 0.3) is 0 Å². The van der Waals surface area contributed by atoms with E-state index in [2.05, 4.69) is 101 Å². The highest BCUT2D eigenvalue weighted by Crippen LogP contribution is 2.56. The van der Waals surface area contributed by atoms with Crippen LogP contribution in [0.5, 0.6) is 11.5 Å². The zero-order valence-corrected chi connectivity index (χ0v) is 40.9. The predicted molar refractivity (Wildman–Crippen MR) is 258 cm³/mol. The maximum absolute atomic E-state index is 14.1. The standard InChI is InChI=1S/C50H74O3S4/c1-13-21-24-32(16-4)30-52-42-35-27-39(44-37-28-38(41(51)34(18-6)26-23-15-3)54-47(37)48(57-44)50(11,12)20-8)55-45(35)43(53-31-33(17-5)25-22-14-2)36-29-40(56-46(36)42)49(9,10)19-7/h27-29,32-34H,13-26,30-31H2,1-12H3. The van der Waals surface area contributed by atoms with Crippen molar-refractivity contribution in [2.75, 3.05) is 13.2 Å². The van der Waals surface area contributed by atoms with E-state index in [9.17, 15) is 4.79 Å². The van der Waals surface area contributed by atoms with E-state index in [1.54, 1.807) is 11.3 Å². The van der Waals surface area contributed by atoms with Gasteiger partial charge in [-0.1, -0.05) is 134 Å². The molecule has 0 bridgehead atoms. The van der Waals surface area contributed by atoms with Gasteiger partial charge in [-0.2, -0.15) is 0 Å². The molecule has 0 aliphatic carbocycles. The van der Waals surface area contributed by atoms with Crippen molar-refractivity contribution in [2.24, 2.45) is 17.8 Å². The van der Waals surface area contributed by atoms with Crippen LogP contribution in [0.1, 0.15) is 192 Å². The molecule has 3 nitrogen and oxygen atoms in total. The van der Waals surface area contributed by atoms with Crippen LogP contribution in [-0.2, 0) is 10.8 Å². The van der Waals surface area contributed by atoms with Crippen molar-refractivity contribution in [3.63, 3.8) is 0 Å². The first-order valence-electron chi connectivity index (χ1n) is 22.7. The molecule has 0 aliphatic heterocycles. The molecule has 4 aromatic heterocycles. The van der Waals surface area contributed by atoms with Crippen LogP contribution in [0.3, 0.4) is 0 Å². The number of carbonyl (C=O) groups is 1. The van der Waals surface area contributed by atoms with Crippen LogP contribution >= 0.6 is 45.3 Å². The van der Waals surface area contributed by atoms with Gasteiger partial charge < -0.3 is 9.47 Å². The Kier molecular flexibility index (Phi) is 16.6. The van der Waals surface area contributed by atoms with Crippen LogP contribution in [0.2, 0.25) is 0 Å². The molecular formula is C50H74O3S4.